The van der Waals surface area contributed by atoms with Crippen molar-refractivity contribution in [2.24, 2.45) is 0 Å². The van der Waals surface area contributed by atoms with Crippen LogP contribution in [0.4, 0.5) is 10.5 Å². The molecular weight excluding hydrogens is 509 g/mol. The molecular formula is C23H32IN3O4. The SMILES string of the molecule is COc1ccccc1N(C(C)=O)C1CCN(C2CC3CCC(C2)N3C(=O)OCI)CC1. The number of hydrogen-bond donors (Lipinski definition) is 0. The van der Waals surface area contributed by atoms with E-state index in [-0.39, 0.29) is 18.0 Å². The van der Waals surface area contributed by atoms with Crippen LogP contribution in [-0.2, 0) is 9.53 Å². The molecule has 3 heterocycles. The van der Waals surface area contributed by atoms with Crippen LogP contribution in [0, 0.1) is 0 Å². The number of alkyl halides is 1. The summed E-state index contributed by atoms with van der Waals surface area (Å²) in [5.74, 6) is 0.797. The van der Waals surface area contributed by atoms with Crippen LogP contribution in [0.5, 0.6) is 5.75 Å². The van der Waals surface area contributed by atoms with Crippen molar-refractivity contribution in [2.75, 3.05) is 29.7 Å². The van der Waals surface area contributed by atoms with E-state index in [4.69, 9.17) is 9.47 Å². The molecule has 2 unspecified atom stereocenters. The highest BCUT2D eigenvalue weighted by molar-refractivity contribution is 14.1. The van der Waals surface area contributed by atoms with E-state index in [1.54, 1.807) is 14.0 Å². The minimum Gasteiger partial charge on any atom is -0.495 e. The van der Waals surface area contributed by atoms with E-state index in [2.05, 4.69) is 27.5 Å². The van der Waals surface area contributed by atoms with Gasteiger partial charge in [0, 0.05) is 44.2 Å². The summed E-state index contributed by atoms with van der Waals surface area (Å²) in [6.45, 7) is 3.60. The number of rotatable bonds is 5. The zero-order valence-corrected chi connectivity index (χ0v) is 20.5. The van der Waals surface area contributed by atoms with Crippen LogP contribution in [0.25, 0.3) is 0 Å². The molecule has 4 rings (SSSR count). The molecule has 2 bridgehead atoms. The number of para-hydroxylation sites is 2. The summed E-state index contributed by atoms with van der Waals surface area (Å²) in [6, 6.07) is 9.06. The second-order valence-electron chi connectivity index (χ2n) is 8.76. The summed E-state index contributed by atoms with van der Waals surface area (Å²) in [5.41, 5.74) is 0.857. The van der Waals surface area contributed by atoms with Gasteiger partial charge in [0.1, 0.15) is 10.4 Å². The smallest absolute Gasteiger partial charge is 0.411 e. The Morgan fingerprint density at radius 1 is 1.06 bits per heavy atom. The molecule has 8 heteroatoms. The minimum absolute atomic E-state index is 0.0584. The highest BCUT2D eigenvalue weighted by Gasteiger charge is 2.46. The third-order valence-electron chi connectivity index (χ3n) is 7.16. The Labute approximate surface area is 198 Å². The molecule has 0 aromatic heterocycles. The maximum absolute atomic E-state index is 12.5. The van der Waals surface area contributed by atoms with E-state index in [1.165, 1.54) is 0 Å². The van der Waals surface area contributed by atoms with E-state index in [9.17, 15) is 9.59 Å². The maximum Gasteiger partial charge on any atom is 0.411 e. The first kappa shape index (κ1) is 22.6. The van der Waals surface area contributed by atoms with Gasteiger partial charge in [-0.15, -0.1) is 0 Å². The topological polar surface area (TPSA) is 62.3 Å². The first-order valence-electron chi connectivity index (χ1n) is 11.2. The Kier molecular flexibility index (Phi) is 7.26. The molecule has 0 aliphatic carbocycles. The number of piperidine rings is 2. The van der Waals surface area contributed by atoms with Gasteiger partial charge in [-0.25, -0.2) is 4.79 Å². The lowest BCUT2D eigenvalue weighted by atomic mass is 9.93. The van der Waals surface area contributed by atoms with Gasteiger partial charge < -0.3 is 24.2 Å². The van der Waals surface area contributed by atoms with Crippen LogP contribution in [-0.4, -0.2) is 70.8 Å². The average Bonchev–Trinajstić information content (AvgIpc) is 3.04. The molecule has 3 fully saturated rings. The summed E-state index contributed by atoms with van der Waals surface area (Å²) < 4.78 is 11.2. The van der Waals surface area contributed by atoms with Crippen molar-refractivity contribution in [1.29, 1.82) is 0 Å². The Morgan fingerprint density at radius 3 is 2.29 bits per heavy atom. The van der Waals surface area contributed by atoms with Crippen molar-refractivity contribution in [1.82, 2.24) is 9.80 Å². The Hall–Kier alpha value is -1.55. The van der Waals surface area contributed by atoms with Crippen molar-refractivity contribution in [3.05, 3.63) is 24.3 Å². The molecule has 1 aromatic rings. The Bertz CT molecular complexity index is 785. The maximum atomic E-state index is 12.5. The number of ether oxygens (including phenoxy) is 2. The van der Waals surface area contributed by atoms with Gasteiger partial charge in [0.15, 0.2) is 0 Å². The number of hydrogen-bond acceptors (Lipinski definition) is 5. The van der Waals surface area contributed by atoms with E-state index < -0.39 is 0 Å². The summed E-state index contributed by atoms with van der Waals surface area (Å²) in [7, 11) is 1.65. The van der Waals surface area contributed by atoms with Crippen molar-refractivity contribution in [3.63, 3.8) is 0 Å². The number of anilines is 1. The highest BCUT2D eigenvalue weighted by atomic mass is 127. The predicted molar refractivity (Wildman–Crippen MR) is 128 cm³/mol. The van der Waals surface area contributed by atoms with Crippen molar-refractivity contribution >= 4 is 40.3 Å². The fourth-order valence-electron chi connectivity index (χ4n) is 5.83. The van der Waals surface area contributed by atoms with Gasteiger partial charge in [-0.05, 0) is 73.2 Å². The van der Waals surface area contributed by atoms with Crippen LogP contribution in [0.3, 0.4) is 0 Å². The fourth-order valence-corrected chi connectivity index (χ4v) is 6.09. The summed E-state index contributed by atoms with van der Waals surface area (Å²) in [5, 5.41) is 0. The quantitative estimate of drug-likeness (QED) is 0.416. The lowest BCUT2D eigenvalue weighted by Gasteiger charge is -2.46. The fraction of sp³-hybridized carbons (Fsp3) is 0.652. The number of fused-ring (bicyclic) bond motifs is 2. The molecule has 3 aliphatic rings. The van der Waals surface area contributed by atoms with Gasteiger partial charge in [0.25, 0.3) is 0 Å². The number of likely N-dealkylation sites (tertiary alicyclic amines) is 1. The van der Waals surface area contributed by atoms with Gasteiger partial charge in [0.2, 0.25) is 5.91 Å². The molecule has 0 saturated carbocycles. The van der Waals surface area contributed by atoms with Crippen LogP contribution < -0.4 is 9.64 Å². The monoisotopic (exact) mass is 541 g/mol. The lowest BCUT2D eigenvalue weighted by molar-refractivity contribution is -0.117. The second-order valence-corrected chi connectivity index (χ2v) is 9.39. The van der Waals surface area contributed by atoms with Crippen LogP contribution in [0.2, 0.25) is 0 Å². The summed E-state index contributed by atoms with van der Waals surface area (Å²) in [4.78, 5) is 31.4. The van der Waals surface area contributed by atoms with Gasteiger partial charge >= 0.3 is 6.09 Å². The van der Waals surface area contributed by atoms with Crippen molar-refractivity contribution in [2.45, 2.75) is 69.6 Å². The Balaban J connectivity index is 1.39. The number of carbonyl (C=O) groups excluding carboxylic acids is 2. The normalized spacial score (nSPS) is 26.5. The number of methoxy groups -OCH3 is 1. The van der Waals surface area contributed by atoms with Crippen molar-refractivity contribution in [3.8, 4) is 5.75 Å². The molecule has 3 aliphatic heterocycles. The number of carbonyl (C=O) groups is 2. The van der Waals surface area contributed by atoms with Crippen molar-refractivity contribution < 1.29 is 19.1 Å². The van der Waals surface area contributed by atoms with Crippen LogP contribution in [0.1, 0.15) is 45.4 Å². The molecule has 0 spiro atoms. The molecule has 0 radical (unpaired) electrons. The standard InChI is InChI=1S/C23H32IN3O4/c1-16(28)26(21-5-3-4-6-22(21)30-2)17-9-11-25(12-10-17)20-13-18-7-8-19(14-20)27(18)23(29)31-15-24/h3-6,17-20H,7-15H2,1-2H3. The first-order valence-corrected chi connectivity index (χ1v) is 12.7. The molecule has 2 atom stereocenters. The number of benzene rings is 1. The largest absolute Gasteiger partial charge is 0.495 e. The average molecular weight is 541 g/mol. The first-order chi connectivity index (χ1) is 15.0. The molecule has 1 aromatic carbocycles. The van der Waals surface area contributed by atoms with E-state index >= 15 is 0 Å². The molecule has 170 valence electrons. The highest BCUT2D eigenvalue weighted by Crippen LogP contribution is 2.39. The number of halogens is 1. The van der Waals surface area contributed by atoms with Gasteiger partial charge in [0.05, 0.1) is 12.8 Å². The minimum atomic E-state index is -0.145. The third-order valence-corrected chi connectivity index (χ3v) is 7.47. The van der Waals surface area contributed by atoms with Gasteiger partial charge in [-0.3, -0.25) is 4.79 Å². The van der Waals surface area contributed by atoms with Crippen LogP contribution >= 0.6 is 22.6 Å². The molecule has 7 nitrogen and oxygen atoms in total. The third kappa shape index (κ3) is 4.65. The zero-order valence-electron chi connectivity index (χ0n) is 18.3. The number of nitrogens with zero attached hydrogens (tertiary/aromatic N) is 3. The Morgan fingerprint density at radius 2 is 1.71 bits per heavy atom. The molecule has 3 saturated heterocycles. The molecule has 0 N–H and O–H groups in total. The van der Waals surface area contributed by atoms with E-state index in [0.29, 0.717) is 22.7 Å². The predicted octanol–water partition coefficient (Wildman–Crippen LogP) is 4.04. The van der Waals surface area contributed by atoms with Crippen LogP contribution in [0.15, 0.2) is 24.3 Å². The molecule has 2 amide bonds. The summed E-state index contributed by atoms with van der Waals surface area (Å²) >= 11 is 2.08. The van der Waals surface area contributed by atoms with Gasteiger partial charge in [-0.2, -0.15) is 0 Å². The number of amides is 2. The lowest BCUT2D eigenvalue weighted by Crippen LogP contribution is -2.55. The van der Waals surface area contributed by atoms with Gasteiger partial charge in [-0.1, -0.05) is 12.1 Å². The second kappa shape index (κ2) is 9.94. The van der Waals surface area contributed by atoms with E-state index in [0.717, 1.165) is 63.1 Å². The van der Waals surface area contributed by atoms with E-state index in [1.807, 2.05) is 34.1 Å². The zero-order chi connectivity index (χ0) is 22.0. The summed E-state index contributed by atoms with van der Waals surface area (Å²) in [6.07, 6.45) is 5.97. The molecule has 31 heavy (non-hydrogen) atoms.